The molecule has 0 aromatic heterocycles. The second-order valence-corrected chi connectivity index (χ2v) is 5.28. The summed E-state index contributed by atoms with van der Waals surface area (Å²) in [5.41, 5.74) is 0.742. The molecule has 1 fully saturated rings. The Bertz CT molecular complexity index is 620. The van der Waals surface area contributed by atoms with E-state index in [1.165, 1.54) is 19.1 Å². The van der Waals surface area contributed by atoms with Crippen LogP contribution in [0.15, 0.2) is 18.2 Å². The second kappa shape index (κ2) is 7.25. The zero-order valence-corrected chi connectivity index (χ0v) is 12.7. The minimum atomic E-state index is -0.953. The highest BCUT2D eigenvalue weighted by atomic mass is 35.5. The summed E-state index contributed by atoms with van der Waals surface area (Å²) in [6.45, 7) is 2.01. The van der Waals surface area contributed by atoms with E-state index in [2.05, 4.69) is 5.32 Å². The van der Waals surface area contributed by atoms with Crippen LogP contribution in [-0.2, 0) is 19.1 Å². The molecule has 2 atom stereocenters. The Hall–Kier alpha value is -2.10. The summed E-state index contributed by atoms with van der Waals surface area (Å²) >= 11 is 5.89. The molecule has 0 saturated carbocycles. The zero-order valence-electron chi connectivity index (χ0n) is 12.0. The van der Waals surface area contributed by atoms with E-state index in [9.17, 15) is 9.59 Å². The summed E-state index contributed by atoms with van der Waals surface area (Å²) in [7, 11) is 0. The molecule has 1 saturated heterocycles. The molecule has 2 rings (SSSR count). The highest BCUT2D eigenvalue weighted by molar-refractivity contribution is 6.32. The molecule has 1 aliphatic rings. The van der Waals surface area contributed by atoms with E-state index in [-0.39, 0.29) is 5.02 Å². The first-order chi connectivity index (χ1) is 10.5. The topological polar surface area (TPSA) is 88.4 Å². The number of amides is 1. The van der Waals surface area contributed by atoms with Crippen LogP contribution in [0.5, 0.6) is 0 Å². The van der Waals surface area contributed by atoms with Crippen LogP contribution in [0, 0.1) is 11.3 Å². The van der Waals surface area contributed by atoms with E-state index in [0.717, 1.165) is 6.42 Å². The van der Waals surface area contributed by atoms with Gasteiger partial charge in [-0.25, -0.2) is 4.79 Å². The van der Waals surface area contributed by atoms with Gasteiger partial charge in [0.25, 0.3) is 5.91 Å². The molecule has 7 heteroatoms. The minimum absolute atomic E-state index is 0.240. The van der Waals surface area contributed by atoms with Crippen molar-refractivity contribution in [3.05, 3.63) is 28.8 Å². The van der Waals surface area contributed by atoms with Crippen LogP contribution < -0.4 is 5.32 Å². The maximum absolute atomic E-state index is 12.0. The summed E-state index contributed by atoms with van der Waals surface area (Å²) in [5, 5.41) is 11.6. The van der Waals surface area contributed by atoms with Gasteiger partial charge in [0.2, 0.25) is 0 Å². The normalized spacial score (nSPS) is 18.3. The summed E-state index contributed by atoms with van der Waals surface area (Å²) in [6.07, 6.45) is -0.117. The van der Waals surface area contributed by atoms with E-state index >= 15 is 0 Å². The number of halogens is 1. The molecule has 0 spiro atoms. The predicted octanol–water partition coefficient (Wildman–Crippen LogP) is 2.26. The van der Waals surface area contributed by atoms with Crippen molar-refractivity contribution in [3.8, 4) is 6.07 Å². The molecule has 0 bridgehead atoms. The van der Waals surface area contributed by atoms with Gasteiger partial charge >= 0.3 is 5.97 Å². The lowest BCUT2D eigenvalue weighted by molar-refractivity contribution is -0.162. The Morgan fingerprint density at radius 3 is 2.91 bits per heavy atom. The number of nitrogens with one attached hydrogen (secondary N) is 1. The molecule has 1 aromatic carbocycles. The lowest BCUT2D eigenvalue weighted by Crippen LogP contribution is -2.34. The number of benzene rings is 1. The van der Waals surface area contributed by atoms with Gasteiger partial charge in [-0.3, -0.25) is 4.79 Å². The summed E-state index contributed by atoms with van der Waals surface area (Å²) in [4.78, 5) is 23.8. The standard InChI is InChI=1S/C15H15ClN2O4/c1-9(22-15(20)13-3-2-6-21-13)14(19)18-11-5-4-10(8-17)12(16)7-11/h4-5,7,9,13H,2-3,6H2,1H3,(H,18,19)/t9-,13-/m0/s1. The van der Waals surface area contributed by atoms with Crippen molar-refractivity contribution in [2.75, 3.05) is 11.9 Å². The average molecular weight is 323 g/mol. The molecule has 0 unspecified atom stereocenters. The van der Waals surface area contributed by atoms with Gasteiger partial charge in [0.05, 0.1) is 10.6 Å². The van der Waals surface area contributed by atoms with Crippen LogP contribution in [0.25, 0.3) is 0 Å². The van der Waals surface area contributed by atoms with Gasteiger partial charge in [0.15, 0.2) is 12.2 Å². The maximum atomic E-state index is 12.0. The Balaban J connectivity index is 1.92. The fourth-order valence-electron chi connectivity index (χ4n) is 1.99. The molecule has 1 amide bonds. The van der Waals surface area contributed by atoms with E-state index in [0.29, 0.717) is 24.3 Å². The van der Waals surface area contributed by atoms with Gasteiger partial charge in [-0.1, -0.05) is 11.6 Å². The van der Waals surface area contributed by atoms with Gasteiger partial charge in [0.1, 0.15) is 6.07 Å². The fourth-order valence-corrected chi connectivity index (χ4v) is 2.22. The van der Waals surface area contributed by atoms with E-state index in [1.54, 1.807) is 6.07 Å². The number of nitriles is 1. The maximum Gasteiger partial charge on any atom is 0.336 e. The zero-order chi connectivity index (χ0) is 16.1. The SMILES string of the molecule is C[C@H](OC(=O)[C@@H]1CCCO1)C(=O)Nc1ccc(C#N)c(Cl)c1. The molecule has 1 aromatic rings. The molecule has 0 radical (unpaired) electrons. The highest BCUT2D eigenvalue weighted by Gasteiger charge is 2.28. The van der Waals surface area contributed by atoms with Gasteiger partial charge in [-0.15, -0.1) is 0 Å². The predicted molar refractivity (Wildman–Crippen MR) is 79.3 cm³/mol. The van der Waals surface area contributed by atoms with Crippen LogP contribution >= 0.6 is 11.6 Å². The Labute approximate surface area is 133 Å². The Morgan fingerprint density at radius 2 is 2.32 bits per heavy atom. The third kappa shape index (κ3) is 3.97. The van der Waals surface area contributed by atoms with Gasteiger partial charge in [-0.05, 0) is 38.0 Å². The van der Waals surface area contributed by atoms with Crippen LogP contribution in [-0.4, -0.2) is 30.7 Å². The molecule has 1 aliphatic heterocycles. The quantitative estimate of drug-likeness (QED) is 0.859. The summed E-state index contributed by atoms with van der Waals surface area (Å²) in [5.74, 6) is -1.01. The molecule has 1 heterocycles. The van der Waals surface area contributed by atoms with Crippen molar-refractivity contribution in [1.82, 2.24) is 0 Å². The number of anilines is 1. The molecule has 0 aliphatic carbocycles. The fraction of sp³-hybridized carbons (Fsp3) is 0.400. The molecular formula is C15H15ClN2O4. The first-order valence-corrected chi connectivity index (χ1v) is 7.21. The molecule has 116 valence electrons. The van der Waals surface area contributed by atoms with Crippen molar-refractivity contribution < 1.29 is 19.1 Å². The minimum Gasteiger partial charge on any atom is -0.451 e. The van der Waals surface area contributed by atoms with Crippen molar-refractivity contribution >= 4 is 29.2 Å². The first-order valence-electron chi connectivity index (χ1n) is 6.84. The summed E-state index contributed by atoms with van der Waals surface area (Å²) < 4.78 is 10.3. The smallest absolute Gasteiger partial charge is 0.336 e. The number of carbonyl (C=O) groups is 2. The van der Waals surface area contributed by atoms with Crippen LogP contribution in [0.1, 0.15) is 25.3 Å². The number of rotatable bonds is 4. The highest BCUT2D eigenvalue weighted by Crippen LogP contribution is 2.20. The van der Waals surface area contributed by atoms with Gasteiger partial charge in [-0.2, -0.15) is 5.26 Å². The van der Waals surface area contributed by atoms with E-state index < -0.39 is 24.1 Å². The summed E-state index contributed by atoms with van der Waals surface area (Å²) in [6, 6.07) is 6.45. The van der Waals surface area contributed by atoms with Crippen molar-refractivity contribution in [2.24, 2.45) is 0 Å². The number of hydrogen-bond acceptors (Lipinski definition) is 5. The van der Waals surface area contributed by atoms with Crippen LogP contribution in [0.4, 0.5) is 5.69 Å². The lowest BCUT2D eigenvalue weighted by atomic mass is 10.2. The third-order valence-corrected chi connectivity index (χ3v) is 3.52. The lowest BCUT2D eigenvalue weighted by Gasteiger charge is -2.16. The Kier molecular flexibility index (Phi) is 5.36. The van der Waals surface area contributed by atoms with Gasteiger partial charge < -0.3 is 14.8 Å². The second-order valence-electron chi connectivity index (χ2n) is 4.88. The van der Waals surface area contributed by atoms with E-state index in [1.807, 2.05) is 6.07 Å². The van der Waals surface area contributed by atoms with Crippen molar-refractivity contribution in [1.29, 1.82) is 5.26 Å². The molecule has 22 heavy (non-hydrogen) atoms. The number of ether oxygens (including phenoxy) is 2. The molecular weight excluding hydrogens is 308 g/mol. The molecule has 6 nitrogen and oxygen atoms in total. The largest absolute Gasteiger partial charge is 0.451 e. The van der Waals surface area contributed by atoms with Crippen molar-refractivity contribution in [2.45, 2.75) is 32.0 Å². The Morgan fingerprint density at radius 1 is 1.55 bits per heavy atom. The van der Waals surface area contributed by atoms with E-state index in [4.69, 9.17) is 26.3 Å². The average Bonchev–Trinajstić information content (AvgIpc) is 3.01. The van der Waals surface area contributed by atoms with Crippen LogP contribution in [0.3, 0.4) is 0 Å². The monoisotopic (exact) mass is 322 g/mol. The van der Waals surface area contributed by atoms with Gasteiger partial charge in [0, 0.05) is 12.3 Å². The number of hydrogen-bond donors (Lipinski definition) is 1. The molecule has 1 N–H and O–H groups in total. The number of carbonyl (C=O) groups excluding carboxylic acids is 2. The van der Waals surface area contributed by atoms with Crippen LogP contribution in [0.2, 0.25) is 5.02 Å². The van der Waals surface area contributed by atoms with Crippen molar-refractivity contribution in [3.63, 3.8) is 0 Å². The first kappa shape index (κ1) is 16.3. The number of esters is 1. The third-order valence-electron chi connectivity index (χ3n) is 3.21. The number of nitrogens with zero attached hydrogens (tertiary/aromatic N) is 1.